The zero-order chi connectivity index (χ0) is 14.8. The molecule has 0 aliphatic carbocycles. The van der Waals surface area contributed by atoms with Crippen molar-refractivity contribution >= 4 is 5.95 Å². The summed E-state index contributed by atoms with van der Waals surface area (Å²) in [6, 6.07) is 3.20. The summed E-state index contributed by atoms with van der Waals surface area (Å²) < 4.78 is 26.4. The van der Waals surface area contributed by atoms with Crippen molar-refractivity contribution in [3.05, 3.63) is 48.4 Å². The second kappa shape index (κ2) is 5.25. The highest BCUT2D eigenvalue weighted by Gasteiger charge is 2.09. The molecule has 0 amide bonds. The van der Waals surface area contributed by atoms with Crippen LogP contribution in [0.1, 0.15) is 0 Å². The third-order valence-corrected chi connectivity index (χ3v) is 2.80. The summed E-state index contributed by atoms with van der Waals surface area (Å²) in [5.41, 5.74) is 3.93. The van der Waals surface area contributed by atoms with E-state index in [9.17, 15) is 8.78 Å². The van der Waals surface area contributed by atoms with Crippen LogP contribution in [-0.2, 0) is 0 Å². The lowest BCUT2D eigenvalue weighted by atomic mass is 10.2. The fourth-order valence-electron chi connectivity index (χ4n) is 1.85. The minimum Gasteiger partial charge on any atom is -0.338 e. The van der Waals surface area contributed by atoms with Gasteiger partial charge in [0.05, 0.1) is 11.9 Å². The number of nitrogens with one attached hydrogen (secondary N) is 2. The zero-order valence-corrected chi connectivity index (χ0v) is 10.6. The summed E-state index contributed by atoms with van der Waals surface area (Å²) in [6.45, 7) is 0. The number of hydrogen-bond donors (Lipinski definition) is 3. The Morgan fingerprint density at radius 1 is 0.905 bits per heavy atom. The molecule has 3 aromatic rings. The Morgan fingerprint density at radius 2 is 1.57 bits per heavy atom. The fourth-order valence-corrected chi connectivity index (χ4v) is 1.85. The van der Waals surface area contributed by atoms with Crippen LogP contribution in [0.2, 0.25) is 0 Å². The summed E-state index contributed by atoms with van der Waals surface area (Å²) in [5, 5.41) is 0. The second-order valence-corrected chi connectivity index (χ2v) is 4.24. The quantitative estimate of drug-likeness (QED) is 0.507. The van der Waals surface area contributed by atoms with Crippen molar-refractivity contribution in [1.29, 1.82) is 0 Å². The Morgan fingerprint density at radius 3 is 2.19 bits per heavy atom. The van der Waals surface area contributed by atoms with Gasteiger partial charge in [-0.05, 0) is 12.1 Å². The van der Waals surface area contributed by atoms with Crippen LogP contribution in [0.5, 0.6) is 0 Å². The van der Waals surface area contributed by atoms with Crippen molar-refractivity contribution < 1.29 is 8.78 Å². The van der Waals surface area contributed by atoms with E-state index >= 15 is 0 Å². The number of benzene rings is 1. The van der Waals surface area contributed by atoms with E-state index < -0.39 is 11.6 Å². The lowest BCUT2D eigenvalue weighted by Crippen LogP contribution is -2.09. The molecule has 1 aromatic carbocycles. The summed E-state index contributed by atoms with van der Waals surface area (Å²) in [4.78, 5) is 15.0. The van der Waals surface area contributed by atoms with Crippen LogP contribution in [0, 0.1) is 11.6 Å². The third kappa shape index (κ3) is 2.70. The van der Waals surface area contributed by atoms with E-state index in [2.05, 4.69) is 25.4 Å². The van der Waals surface area contributed by atoms with Crippen LogP contribution in [0.15, 0.2) is 36.8 Å². The van der Waals surface area contributed by atoms with Crippen LogP contribution < -0.4 is 11.3 Å². The molecule has 0 bridgehead atoms. The number of nitrogens with two attached hydrogens (primary N) is 1. The van der Waals surface area contributed by atoms with Crippen LogP contribution in [0.4, 0.5) is 14.7 Å². The van der Waals surface area contributed by atoms with Gasteiger partial charge in [0.15, 0.2) is 0 Å². The molecule has 0 unspecified atom stereocenters. The number of rotatable bonds is 3. The number of H-pyrrole nitrogens is 1. The topological polar surface area (TPSA) is 92.5 Å². The van der Waals surface area contributed by atoms with E-state index in [1.54, 1.807) is 12.4 Å². The van der Waals surface area contributed by atoms with Crippen LogP contribution in [0.25, 0.3) is 22.6 Å². The SMILES string of the molecule is NNc1ncc(-c2cnc(-c3cc(F)cc(F)c3)[nH]2)cn1. The maximum absolute atomic E-state index is 13.2. The lowest BCUT2D eigenvalue weighted by Gasteiger charge is -2.00. The molecule has 0 atom stereocenters. The Bertz CT molecular complexity index is 748. The second-order valence-electron chi connectivity index (χ2n) is 4.24. The number of halogens is 2. The molecule has 21 heavy (non-hydrogen) atoms. The summed E-state index contributed by atoms with van der Waals surface area (Å²) in [5.74, 6) is 4.49. The first-order chi connectivity index (χ1) is 10.2. The van der Waals surface area contributed by atoms with Crippen LogP contribution in [-0.4, -0.2) is 19.9 Å². The van der Waals surface area contributed by atoms with Gasteiger partial charge in [0.2, 0.25) is 5.95 Å². The molecule has 0 spiro atoms. The highest BCUT2D eigenvalue weighted by Crippen LogP contribution is 2.22. The first-order valence-electron chi connectivity index (χ1n) is 5.96. The molecule has 3 rings (SSSR count). The first-order valence-corrected chi connectivity index (χ1v) is 5.96. The van der Waals surface area contributed by atoms with E-state index in [0.29, 0.717) is 22.6 Å². The van der Waals surface area contributed by atoms with E-state index in [4.69, 9.17) is 5.84 Å². The molecule has 0 radical (unpaired) electrons. The van der Waals surface area contributed by atoms with E-state index in [-0.39, 0.29) is 5.95 Å². The van der Waals surface area contributed by atoms with E-state index in [1.807, 2.05) is 0 Å². The third-order valence-electron chi connectivity index (χ3n) is 2.80. The van der Waals surface area contributed by atoms with Crippen molar-refractivity contribution in [2.24, 2.45) is 5.84 Å². The lowest BCUT2D eigenvalue weighted by molar-refractivity contribution is 0.584. The molecular formula is C13H10F2N6. The largest absolute Gasteiger partial charge is 0.338 e. The molecule has 0 aliphatic rings. The van der Waals surface area contributed by atoms with Gasteiger partial charge in [-0.2, -0.15) is 0 Å². The van der Waals surface area contributed by atoms with Gasteiger partial charge < -0.3 is 4.98 Å². The Kier molecular flexibility index (Phi) is 3.28. The molecule has 0 fully saturated rings. The van der Waals surface area contributed by atoms with Crippen molar-refractivity contribution in [3.8, 4) is 22.6 Å². The molecule has 4 N–H and O–H groups in total. The average molecular weight is 288 g/mol. The Hall–Kier alpha value is -2.87. The Balaban J connectivity index is 1.95. The number of nitrogens with zero attached hydrogens (tertiary/aromatic N) is 3. The van der Waals surface area contributed by atoms with Crippen molar-refractivity contribution in [3.63, 3.8) is 0 Å². The minimum absolute atomic E-state index is 0.283. The van der Waals surface area contributed by atoms with Gasteiger partial charge in [-0.3, -0.25) is 5.43 Å². The average Bonchev–Trinajstić information content (AvgIpc) is 2.96. The van der Waals surface area contributed by atoms with Gasteiger partial charge in [-0.25, -0.2) is 29.6 Å². The fraction of sp³-hybridized carbons (Fsp3) is 0. The summed E-state index contributed by atoms with van der Waals surface area (Å²) >= 11 is 0. The monoisotopic (exact) mass is 288 g/mol. The van der Waals surface area contributed by atoms with Crippen molar-refractivity contribution in [2.75, 3.05) is 5.43 Å². The zero-order valence-electron chi connectivity index (χ0n) is 10.6. The molecular weight excluding hydrogens is 278 g/mol. The van der Waals surface area contributed by atoms with Gasteiger partial charge in [-0.1, -0.05) is 0 Å². The number of anilines is 1. The molecule has 2 heterocycles. The van der Waals surface area contributed by atoms with Gasteiger partial charge in [0.25, 0.3) is 0 Å². The summed E-state index contributed by atoms with van der Waals surface area (Å²) in [7, 11) is 0. The number of hydrogen-bond acceptors (Lipinski definition) is 5. The van der Waals surface area contributed by atoms with Crippen LogP contribution in [0.3, 0.4) is 0 Å². The molecule has 0 aliphatic heterocycles. The van der Waals surface area contributed by atoms with Crippen molar-refractivity contribution in [2.45, 2.75) is 0 Å². The molecule has 106 valence electrons. The van der Waals surface area contributed by atoms with Gasteiger partial charge in [-0.15, -0.1) is 0 Å². The van der Waals surface area contributed by atoms with Gasteiger partial charge >= 0.3 is 0 Å². The van der Waals surface area contributed by atoms with Crippen LogP contribution >= 0.6 is 0 Å². The number of imidazole rings is 1. The number of aromatic amines is 1. The highest BCUT2D eigenvalue weighted by molar-refractivity contribution is 5.63. The number of hydrazine groups is 1. The molecule has 8 heteroatoms. The summed E-state index contributed by atoms with van der Waals surface area (Å²) in [6.07, 6.45) is 4.63. The smallest absolute Gasteiger partial charge is 0.237 e. The Labute approximate surface area is 118 Å². The number of aromatic nitrogens is 4. The minimum atomic E-state index is -0.662. The van der Waals surface area contributed by atoms with Gasteiger partial charge in [0.1, 0.15) is 17.5 Å². The van der Waals surface area contributed by atoms with Gasteiger partial charge in [0, 0.05) is 29.6 Å². The predicted molar refractivity (Wildman–Crippen MR) is 72.8 cm³/mol. The standard InChI is InChI=1S/C13H10F2N6/c14-9-1-7(2-10(15)3-9)12-17-6-11(20-12)8-4-18-13(21-16)19-5-8/h1-6H,16H2,(H,17,20)(H,18,19,21). The maximum atomic E-state index is 13.2. The van der Waals surface area contributed by atoms with Crippen molar-refractivity contribution in [1.82, 2.24) is 19.9 Å². The molecule has 6 nitrogen and oxygen atoms in total. The predicted octanol–water partition coefficient (Wildman–Crippen LogP) is 2.10. The normalized spacial score (nSPS) is 10.6. The molecule has 0 saturated heterocycles. The molecule has 2 aromatic heterocycles. The number of nitrogen functional groups attached to an aromatic ring is 1. The highest BCUT2D eigenvalue weighted by atomic mass is 19.1. The molecule has 0 saturated carbocycles. The maximum Gasteiger partial charge on any atom is 0.237 e. The van der Waals surface area contributed by atoms with E-state index in [1.165, 1.54) is 18.3 Å². The van der Waals surface area contributed by atoms with E-state index in [0.717, 1.165) is 6.07 Å². The first kappa shape index (κ1) is 13.1.